The molecule has 0 aromatic rings. The fourth-order valence-electron chi connectivity index (χ4n) is 3.18. The van der Waals surface area contributed by atoms with Crippen molar-refractivity contribution in [3.05, 3.63) is 24.8 Å². The van der Waals surface area contributed by atoms with Gasteiger partial charge in [0.25, 0.3) is 6.08 Å². The maximum Gasteiger partial charge on any atom is 0.266 e. The molecule has 0 amide bonds. The summed E-state index contributed by atoms with van der Waals surface area (Å²) in [4.78, 5) is 0. The van der Waals surface area contributed by atoms with Gasteiger partial charge in [-0.25, -0.2) is 0 Å². The lowest BCUT2D eigenvalue weighted by Gasteiger charge is -2.37. The van der Waals surface area contributed by atoms with Crippen molar-refractivity contribution in [1.82, 2.24) is 0 Å². The number of halogens is 2. The van der Waals surface area contributed by atoms with Crippen LogP contribution in [0.25, 0.3) is 0 Å². The van der Waals surface area contributed by atoms with E-state index in [4.69, 9.17) is 9.47 Å². The summed E-state index contributed by atoms with van der Waals surface area (Å²) in [6.45, 7) is 5.27. The number of rotatable bonds is 5. The van der Waals surface area contributed by atoms with Crippen molar-refractivity contribution in [2.24, 2.45) is 17.8 Å². The highest BCUT2D eigenvalue weighted by molar-refractivity contribution is 4.87. The van der Waals surface area contributed by atoms with Gasteiger partial charge in [0.05, 0.1) is 13.2 Å². The van der Waals surface area contributed by atoms with Crippen LogP contribution in [-0.2, 0) is 9.47 Å². The lowest BCUT2D eigenvalue weighted by Crippen LogP contribution is -2.37. The molecule has 0 atom stereocenters. The minimum absolute atomic E-state index is 0.308. The van der Waals surface area contributed by atoms with E-state index in [9.17, 15) is 8.78 Å². The fraction of sp³-hybridized carbons (Fsp3) is 0.750. The molecule has 0 radical (unpaired) electrons. The third kappa shape index (κ3) is 4.67. The maximum atomic E-state index is 11.9. The zero-order valence-electron chi connectivity index (χ0n) is 11.9. The normalized spacial score (nSPS) is 34.5. The lowest BCUT2D eigenvalue weighted by atomic mass is 9.76. The van der Waals surface area contributed by atoms with Crippen LogP contribution in [0.3, 0.4) is 0 Å². The predicted octanol–water partition coefficient (Wildman–Crippen LogP) is 4.53. The Morgan fingerprint density at radius 1 is 1.05 bits per heavy atom. The minimum atomic E-state index is -1.63. The van der Waals surface area contributed by atoms with Gasteiger partial charge in [-0.15, -0.1) is 6.58 Å². The second-order valence-corrected chi connectivity index (χ2v) is 5.84. The number of allylic oxidation sites excluding steroid dienone is 2. The first-order valence-electron chi connectivity index (χ1n) is 7.56. The molecule has 1 aliphatic heterocycles. The third-order valence-electron chi connectivity index (χ3n) is 4.51. The van der Waals surface area contributed by atoms with Gasteiger partial charge in [-0.1, -0.05) is 6.08 Å². The van der Waals surface area contributed by atoms with Crippen LogP contribution < -0.4 is 0 Å². The molecule has 1 saturated carbocycles. The second-order valence-electron chi connectivity index (χ2n) is 5.84. The highest BCUT2D eigenvalue weighted by Gasteiger charge is 2.31. The molecule has 0 bridgehead atoms. The summed E-state index contributed by atoms with van der Waals surface area (Å²) >= 11 is 0. The smallest absolute Gasteiger partial charge is 0.266 e. The van der Waals surface area contributed by atoms with Crippen LogP contribution in [-0.4, -0.2) is 19.5 Å². The topological polar surface area (TPSA) is 18.5 Å². The highest BCUT2D eigenvalue weighted by atomic mass is 19.3. The molecule has 20 heavy (non-hydrogen) atoms. The molecular weight excluding hydrogens is 262 g/mol. The Kier molecular flexibility index (Phi) is 6.17. The molecule has 2 rings (SSSR count). The van der Waals surface area contributed by atoms with Crippen LogP contribution in [0.4, 0.5) is 8.78 Å². The average Bonchev–Trinajstić information content (AvgIpc) is 2.48. The van der Waals surface area contributed by atoms with Gasteiger partial charge >= 0.3 is 0 Å². The molecule has 1 aliphatic carbocycles. The fourth-order valence-corrected chi connectivity index (χ4v) is 3.18. The Morgan fingerprint density at radius 3 is 2.25 bits per heavy atom. The molecule has 1 heterocycles. The van der Waals surface area contributed by atoms with Crippen molar-refractivity contribution < 1.29 is 18.3 Å². The van der Waals surface area contributed by atoms with Crippen molar-refractivity contribution in [3.8, 4) is 0 Å². The molecule has 2 fully saturated rings. The Balaban J connectivity index is 1.66. The van der Waals surface area contributed by atoms with Gasteiger partial charge in [-0.3, -0.25) is 0 Å². The second kappa shape index (κ2) is 7.89. The quantitative estimate of drug-likeness (QED) is 0.691. The van der Waals surface area contributed by atoms with E-state index < -0.39 is 6.08 Å². The van der Waals surface area contributed by atoms with Gasteiger partial charge in [0, 0.05) is 12.3 Å². The Morgan fingerprint density at radius 2 is 1.70 bits per heavy atom. The van der Waals surface area contributed by atoms with Gasteiger partial charge in [0.2, 0.25) is 0 Å². The number of ether oxygens (including phenoxy) is 2. The van der Waals surface area contributed by atoms with Gasteiger partial charge < -0.3 is 9.47 Å². The summed E-state index contributed by atoms with van der Waals surface area (Å²) < 4.78 is 35.2. The van der Waals surface area contributed by atoms with Crippen LogP contribution in [0, 0.1) is 17.8 Å². The van der Waals surface area contributed by atoms with Gasteiger partial charge in [-0.2, -0.15) is 8.78 Å². The van der Waals surface area contributed by atoms with E-state index in [0.717, 1.165) is 6.08 Å². The Labute approximate surface area is 119 Å². The molecule has 4 heteroatoms. The zero-order chi connectivity index (χ0) is 14.4. The molecule has 0 aromatic heterocycles. The van der Waals surface area contributed by atoms with Gasteiger partial charge in [0.1, 0.15) is 0 Å². The standard InChI is InChI=1S/C16H24F2O2/c1-2-12-6-8-13(9-7-12)14-10-19-16(20-11-14)5-3-4-15(17)18/h2,4,12-14,16H,1,3,5-11H2. The molecule has 0 unspecified atom stereocenters. The zero-order valence-corrected chi connectivity index (χ0v) is 11.9. The van der Waals surface area contributed by atoms with Crippen molar-refractivity contribution >= 4 is 0 Å². The SMILES string of the molecule is C=CC1CCC(C2COC(CCC=C(F)F)OC2)CC1. The largest absolute Gasteiger partial charge is 0.352 e. The van der Waals surface area contributed by atoms with Crippen molar-refractivity contribution in [2.75, 3.05) is 13.2 Å². The molecule has 0 N–H and O–H groups in total. The molecule has 0 aromatic carbocycles. The Hall–Kier alpha value is -0.740. The third-order valence-corrected chi connectivity index (χ3v) is 4.51. The summed E-state index contributed by atoms with van der Waals surface area (Å²) in [6, 6.07) is 0. The van der Waals surface area contributed by atoms with Crippen molar-refractivity contribution in [3.63, 3.8) is 0 Å². The van der Waals surface area contributed by atoms with E-state index in [1.165, 1.54) is 25.7 Å². The summed E-state index contributed by atoms with van der Waals surface area (Å²) in [6.07, 6.45) is 6.73. The molecule has 1 saturated heterocycles. The monoisotopic (exact) mass is 286 g/mol. The molecular formula is C16H24F2O2. The van der Waals surface area contributed by atoms with Crippen LogP contribution in [0.15, 0.2) is 24.8 Å². The van der Waals surface area contributed by atoms with Crippen molar-refractivity contribution in [1.29, 1.82) is 0 Å². The summed E-state index contributed by atoms with van der Waals surface area (Å²) in [5.74, 6) is 1.81. The molecule has 114 valence electrons. The minimum Gasteiger partial charge on any atom is -0.352 e. The number of hydrogen-bond donors (Lipinski definition) is 0. The molecule has 2 nitrogen and oxygen atoms in total. The van der Waals surface area contributed by atoms with E-state index in [-0.39, 0.29) is 6.29 Å². The maximum absolute atomic E-state index is 11.9. The van der Waals surface area contributed by atoms with Crippen molar-refractivity contribution in [2.45, 2.75) is 44.8 Å². The predicted molar refractivity (Wildman–Crippen MR) is 74.4 cm³/mol. The van der Waals surface area contributed by atoms with Crippen LogP contribution in [0.1, 0.15) is 38.5 Å². The van der Waals surface area contributed by atoms with E-state index in [2.05, 4.69) is 12.7 Å². The van der Waals surface area contributed by atoms with Gasteiger partial charge in [-0.05, 0) is 50.0 Å². The van der Waals surface area contributed by atoms with E-state index in [0.29, 0.717) is 43.8 Å². The first-order chi connectivity index (χ1) is 9.69. The number of hydrogen-bond acceptors (Lipinski definition) is 2. The van der Waals surface area contributed by atoms with E-state index >= 15 is 0 Å². The first-order valence-corrected chi connectivity index (χ1v) is 7.56. The van der Waals surface area contributed by atoms with Crippen LogP contribution >= 0.6 is 0 Å². The summed E-state index contributed by atoms with van der Waals surface area (Å²) in [5.41, 5.74) is 0. The summed E-state index contributed by atoms with van der Waals surface area (Å²) in [5, 5.41) is 0. The van der Waals surface area contributed by atoms with E-state index in [1.807, 2.05) is 0 Å². The van der Waals surface area contributed by atoms with Gasteiger partial charge in [0.15, 0.2) is 6.29 Å². The van der Waals surface area contributed by atoms with E-state index in [1.54, 1.807) is 0 Å². The lowest BCUT2D eigenvalue weighted by molar-refractivity contribution is -0.211. The highest BCUT2D eigenvalue weighted by Crippen LogP contribution is 2.35. The molecule has 0 spiro atoms. The average molecular weight is 286 g/mol. The van der Waals surface area contributed by atoms with Crippen LogP contribution in [0.2, 0.25) is 0 Å². The molecule has 2 aliphatic rings. The summed E-state index contributed by atoms with van der Waals surface area (Å²) in [7, 11) is 0. The Bertz CT molecular complexity index is 323. The first kappa shape index (κ1) is 15.6. The van der Waals surface area contributed by atoms with Crippen LogP contribution in [0.5, 0.6) is 0 Å².